The van der Waals surface area contributed by atoms with E-state index in [1.165, 1.54) is 11.8 Å². The van der Waals surface area contributed by atoms with E-state index in [1.807, 2.05) is 18.2 Å². The summed E-state index contributed by atoms with van der Waals surface area (Å²) in [4.78, 5) is 32.0. The fourth-order valence-electron chi connectivity index (χ4n) is 2.01. The number of amides is 1. The molecule has 0 spiro atoms. The fraction of sp³-hybridized carbons (Fsp3) is 0.250. The van der Waals surface area contributed by atoms with Gasteiger partial charge in [0.1, 0.15) is 5.69 Å². The van der Waals surface area contributed by atoms with Crippen LogP contribution in [0.15, 0.2) is 42.7 Å². The number of hydrogen-bond acceptors (Lipinski definition) is 4. The second kappa shape index (κ2) is 7.31. The lowest BCUT2D eigenvalue weighted by molar-refractivity contribution is 0.0687. The molecule has 2 aromatic rings. The van der Waals surface area contributed by atoms with Gasteiger partial charge in [-0.15, -0.1) is 0 Å². The van der Waals surface area contributed by atoms with Crippen LogP contribution in [0.25, 0.3) is 0 Å². The molecule has 0 bridgehead atoms. The summed E-state index contributed by atoms with van der Waals surface area (Å²) in [6, 6.07) is 10.1. The van der Waals surface area contributed by atoms with Crippen molar-refractivity contribution in [3.8, 4) is 0 Å². The van der Waals surface area contributed by atoms with Crippen LogP contribution in [0.1, 0.15) is 33.0 Å². The van der Waals surface area contributed by atoms with E-state index in [-0.39, 0.29) is 17.3 Å². The van der Waals surface area contributed by atoms with Gasteiger partial charge in [-0.1, -0.05) is 30.3 Å². The quantitative estimate of drug-likeness (QED) is 0.880. The Morgan fingerprint density at radius 3 is 2.32 bits per heavy atom. The highest BCUT2D eigenvalue weighted by molar-refractivity contribution is 5.92. The van der Waals surface area contributed by atoms with Crippen LogP contribution in [0.2, 0.25) is 0 Å². The first kappa shape index (κ1) is 15.6. The van der Waals surface area contributed by atoms with Crippen LogP contribution in [0.3, 0.4) is 0 Å². The van der Waals surface area contributed by atoms with Crippen molar-refractivity contribution in [2.45, 2.75) is 12.8 Å². The van der Waals surface area contributed by atoms with Gasteiger partial charge in [-0.05, 0) is 18.4 Å². The molecule has 0 fully saturated rings. The summed E-state index contributed by atoms with van der Waals surface area (Å²) in [5.74, 6) is -1.43. The summed E-state index contributed by atoms with van der Waals surface area (Å²) in [5, 5.41) is 8.75. The van der Waals surface area contributed by atoms with E-state index < -0.39 is 5.97 Å². The zero-order valence-electron chi connectivity index (χ0n) is 12.3. The van der Waals surface area contributed by atoms with Gasteiger partial charge in [0.2, 0.25) is 0 Å². The van der Waals surface area contributed by atoms with Gasteiger partial charge in [-0.25, -0.2) is 14.8 Å². The number of carboxylic acid groups (broad SMARTS) is 1. The summed E-state index contributed by atoms with van der Waals surface area (Å²) in [7, 11) is 1.69. The summed E-state index contributed by atoms with van der Waals surface area (Å²) in [6.07, 6.45) is 4.02. The first-order valence-electron chi connectivity index (χ1n) is 6.92. The Balaban J connectivity index is 1.87. The number of hydrogen-bond donors (Lipinski definition) is 1. The van der Waals surface area contributed by atoms with Crippen LogP contribution in [-0.2, 0) is 6.42 Å². The largest absolute Gasteiger partial charge is 0.476 e. The first-order valence-corrected chi connectivity index (χ1v) is 6.92. The van der Waals surface area contributed by atoms with Crippen molar-refractivity contribution in [1.29, 1.82) is 0 Å². The van der Waals surface area contributed by atoms with Crippen molar-refractivity contribution in [2.75, 3.05) is 13.6 Å². The minimum Gasteiger partial charge on any atom is -0.476 e. The molecule has 2 rings (SSSR count). The van der Waals surface area contributed by atoms with Crippen molar-refractivity contribution in [3.05, 3.63) is 59.7 Å². The molecule has 0 saturated heterocycles. The van der Waals surface area contributed by atoms with Crippen LogP contribution >= 0.6 is 0 Å². The molecule has 1 N–H and O–H groups in total. The summed E-state index contributed by atoms with van der Waals surface area (Å²) in [6.45, 7) is 0.593. The number of aromatic nitrogens is 2. The molecule has 22 heavy (non-hydrogen) atoms. The predicted octanol–water partition coefficient (Wildman–Crippen LogP) is 1.88. The molecule has 0 unspecified atom stereocenters. The molecular weight excluding hydrogens is 282 g/mol. The molecule has 0 atom stereocenters. The first-order chi connectivity index (χ1) is 10.6. The minimum atomic E-state index is -1.16. The van der Waals surface area contributed by atoms with Crippen LogP contribution in [0.5, 0.6) is 0 Å². The van der Waals surface area contributed by atoms with Gasteiger partial charge in [0.05, 0.1) is 12.4 Å². The maximum atomic E-state index is 12.1. The molecule has 0 radical (unpaired) electrons. The average Bonchev–Trinajstić information content (AvgIpc) is 2.55. The zero-order chi connectivity index (χ0) is 15.9. The second-order valence-electron chi connectivity index (χ2n) is 4.91. The third-order valence-corrected chi connectivity index (χ3v) is 3.24. The van der Waals surface area contributed by atoms with E-state index in [4.69, 9.17) is 5.11 Å². The highest BCUT2D eigenvalue weighted by Crippen LogP contribution is 2.05. The smallest absolute Gasteiger partial charge is 0.356 e. The Morgan fingerprint density at radius 1 is 1.09 bits per heavy atom. The van der Waals surface area contributed by atoms with Gasteiger partial charge < -0.3 is 10.0 Å². The van der Waals surface area contributed by atoms with Gasteiger partial charge in [0, 0.05) is 13.6 Å². The molecule has 0 aliphatic carbocycles. The Hall–Kier alpha value is -2.76. The summed E-state index contributed by atoms with van der Waals surface area (Å²) in [5.41, 5.74) is 1.20. The van der Waals surface area contributed by atoms with E-state index in [9.17, 15) is 9.59 Å². The molecule has 0 aliphatic rings. The molecule has 6 nitrogen and oxygen atoms in total. The van der Waals surface area contributed by atoms with Crippen molar-refractivity contribution in [3.63, 3.8) is 0 Å². The number of carbonyl (C=O) groups excluding carboxylic acids is 1. The van der Waals surface area contributed by atoms with E-state index >= 15 is 0 Å². The fourth-order valence-corrected chi connectivity index (χ4v) is 2.01. The van der Waals surface area contributed by atoms with Crippen LogP contribution in [0.4, 0.5) is 0 Å². The Bertz CT molecular complexity index is 641. The standard InChI is InChI=1S/C16H17N3O3/c1-19(9-5-8-12-6-3-2-4-7-12)15(20)13-10-18-14(11-17-13)16(21)22/h2-4,6-7,10-11H,5,8-9H2,1H3,(H,21,22). The topological polar surface area (TPSA) is 83.4 Å². The Kier molecular flexibility index (Phi) is 5.19. The monoisotopic (exact) mass is 299 g/mol. The maximum absolute atomic E-state index is 12.1. The van der Waals surface area contributed by atoms with Crippen molar-refractivity contribution in [1.82, 2.24) is 14.9 Å². The van der Waals surface area contributed by atoms with Crippen molar-refractivity contribution >= 4 is 11.9 Å². The predicted molar refractivity (Wildman–Crippen MR) is 80.7 cm³/mol. The summed E-state index contributed by atoms with van der Waals surface area (Å²) < 4.78 is 0. The minimum absolute atomic E-state index is 0.146. The number of rotatable bonds is 6. The van der Waals surface area contributed by atoms with E-state index in [0.717, 1.165) is 19.0 Å². The van der Waals surface area contributed by atoms with Gasteiger partial charge in [-0.3, -0.25) is 4.79 Å². The van der Waals surface area contributed by atoms with E-state index in [0.29, 0.717) is 6.54 Å². The van der Waals surface area contributed by atoms with Crippen molar-refractivity contribution in [2.24, 2.45) is 0 Å². The number of carboxylic acids is 1. The molecule has 0 saturated carbocycles. The molecule has 1 aromatic heterocycles. The third-order valence-electron chi connectivity index (χ3n) is 3.24. The highest BCUT2D eigenvalue weighted by Gasteiger charge is 2.14. The third kappa shape index (κ3) is 4.12. The average molecular weight is 299 g/mol. The van der Waals surface area contributed by atoms with E-state index in [2.05, 4.69) is 22.1 Å². The van der Waals surface area contributed by atoms with Gasteiger partial charge in [-0.2, -0.15) is 0 Å². The van der Waals surface area contributed by atoms with Crippen LogP contribution in [0, 0.1) is 0 Å². The normalized spacial score (nSPS) is 10.2. The number of aryl methyl sites for hydroxylation is 1. The number of aromatic carboxylic acids is 1. The molecular formula is C16H17N3O3. The molecule has 1 heterocycles. The molecule has 1 aromatic carbocycles. The summed E-state index contributed by atoms with van der Waals surface area (Å²) >= 11 is 0. The van der Waals surface area contributed by atoms with Crippen LogP contribution in [-0.4, -0.2) is 45.4 Å². The lowest BCUT2D eigenvalue weighted by Crippen LogP contribution is -2.29. The number of benzene rings is 1. The SMILES string of the molecule is CN(CCCc1ccccc1)C(=O)c1cnc(C(=O)O)cn1. The molecule has 114 valence electrons. The Morgan fingerprint density at radius 2 is 1.73 bits per heavy atom. The lowest BCUT2D eigenvalue weighted by Gasteiger charge is -2.16. The van der Waals surface area contributed by atoms with Crippen molar-refractivity contribution < 1.29 is 14.7 Å². The maximum Gasteiger partial charge on any atom is 0.356 e. The zero-order valence-corrected chi connectivity index (χ0v) is 12.3. The van der Waals surface area contributed by atoms with Gasteiger partial charge in [0.25, 0.3) is 5.91 Å². The Labute approximate surface area is 128 Å². The highest BCUT2D eigenvalue weighted by atomic mass is 16.4. The second-order valence-corrected chi connectivity index (χ2v) is 4.91. The number of nitrogens with zero attached hydrogens (tertiary/aromatic N) is 3. The van der Waals surface area contributed by atoms with Gasteiger partial charge in [0.15, 0.2) is 5.69 Å². The molecule has 0 aliphatic heterocycles. The molecule has 1 amide bonds. The van der Waals surface area contributed by atoms with Gasteiger partial charge >= 0.3 is 5.97 Å². The van der Waals surface area contributed by atoms with E-state index in [1.54, 1.807) is 11.9 Å². The van der Waals surface area contributed by atoms with Crippen LogP contribution < -0.4 is 0 Å². The number of carbonyl (C=O) groups is 2. The lowest BCUT2D eigenvalue weighted by atomic mass is 10.1. The molecule has 6 heteroatoms.